The minimum absolute atomic E-state index is 0.664. The van der Waals surface area contributed by atoms with Crippen LogP contribution in [-0.4, -0.2) is 15.0 Å². The second kappa shape index (κ2) is 6.00. The van der Waals surface area contributed by atoms with E-state index in [1.807, 2.05) is 30.3 Å². The molecule has 3 aromatic rings. The number of nitrogens with one attached hydrogen (secondary N) is 1. The van der Waals surface area contributed by atoms with E-state index < -0.39 is 0 Å². The topological polar surface area (TPSA) is 76.7 Å². The zero-order chi connectivity index (χ0) is 14.5. The third-order valence-electron chi connectivity index (χ3n) is 3.01. The fraction of sp³-hybridized carbons (Fsp3) is 0.0625. The predicted octanol–water partition coefficient (Wildman–Crippen LogP) is 2.73. The molecule has 0 saturated carbocycles. The van der Waals surface area contributed by atoms with Gasteiger partial charge in [0, 0.05) is 42.6 Å². The van der Waals surface area contributed by atoms with Gasteiger partial charge in [0.05, 0.1) is 5.69 Å². The lowest BCUT2D eigenvalue weighted by atomic mass is 10.2. The molecule has 0 atom stereocenters. The Morgan fingerprint density at radius 2 is 1.86 bits per heavy atom. The van der Waals surface area contributed by atoms with Crippen molar-refractivity contribution < 1.29 is 0 Å². The quantitative estimate of drug-likeness (QED) is 0.717. The molecule has 2 aromatic heterocycles. The van der Waals surface area contributed by atoms with E-state index in [4.69, 9.17) is 5.73 Å². The molecule has 104 valence electrons. The Kier molecular flexibility index (Phi) is 3.73. The first-order chi connectivity index (χ1) is 10.3. The van der Waals surface area contributed by atoms with E-state index in [2.05, 4.69) is 20.3 Å². The van der Waals surface area contributed by atoms with Gasteiger partial charge in [0.15, 0.2) is 5.82 Å². The van der Waals surface area contributed by atoms with Gasteiger partial charge in [0.2, 0.25) is 0 Å². The Labute approximate surface area is 122 Å². The van der Waals surface area contributed by atoms with Crippen molar-refractivity contribution in [3.63, 3.8) is 0 Å². The fourth-order valence-electron chi connectivity index (χ4n) is 2.01. The molecular weight excluding hydrogens is 262 g/mol. The van der Waals surface area contributed by atoms with Crippen LogP contribution in [-0.2, 0) is 6.54 Å². The van der Waals surface area contributed by atoms with Crippen LogP contribution >= 0.6 is 0 Å². The molecular formula is C16H15N5. The second-order valence-electron chi connectivity index (χ2n) is 4.63. The molecule has 0 fully saturated rings. The van der Waals surface area contributed by atoms with Gasteiger partial charge in [-0.05, 0) is 29.8 Å². The smallest absolute Gasteiger partial charge is 0.160 e. The van der Waals surface area contributed by atoms with Crippen molar-refractivity contribution in [2.45, 2.75) is 6.54 Å². The lowest BCUT2D eigenvalue weighted by molar-refractivity contribution is 1.13. The molecule has 1 aromatic carbocycles. The summed E-state index contributed by atoms with van der Waals surface area (Å²) in [6.45, 7) is 0.686. The van der Waals surface area contributed by atoms with E-state index in [1.54, 1.807) is 30.9 Å². The number of benzene rings is 1. The number of pyridine rings is 1. The van der Waals surface area contributed by atoms with E-state index in [0.717, 1.165) is 22.5 Å². The minimum Gasteiger partial charge on any atom is -0.399 e. The van der Waals surface area contributed by atoms with Crippen molar-refractivity contribution in [1.82, 2.24) is 15.0 Å². The summed E-state index contributed by atoms with van der Waals surface area (Å²) in [6, 6.07) is 11.6. The summed E-state index contributed by atoms with van der Waals surface area (Å²) in [5, 5.41) is 3.32. The molecule has 0 radical (unpaired) electrons. The zero-order valence-electron chi connectivity index (χ0n) is 11.4. The van der Waals surface area contributed by atoms with Crippen LogP contribution in [0.15, 0.2) is 61.2 Å². The number of aromatic nitrogens is 3. The van der Waals surface area contributed by atoms with E-state index in [0.29, 0.717) is 12.4 Å². The molecule has 0 unspecified atom stereocenters. The first kappa shape index (κ1) is 13.1. The fourth-order valence-corrected chi connectivity index (χ4v) is 2.01. The van der Waals surface area contributed by atoms with Crippen LogP contribution in [0, 0.1) is 0 Å². The van der Waals surface area contributed by atoms with Crippen LogP contribution in [0.25, 0.3) is 11.4 Å². The van der Waals surface area contributed by atoms with E-state index in [-0.39, 0.29) is 0 Å². The molecule has 0 aliphatic carbocycles. The largest absolute Gasteiger partial charge is 0.399 e. The summed E-state index contributed by atoms with van der Waals surface area (Å²) < 4.78 is 0. The van der Waals surface area contributed by atoms with Crippen LogP contribution in [0.3, 0.4) is 0 Å². The molecule has 3 N–H and O–H groups in total. The minimum atomic E-state index is 0.664. The van der Waals surface area contributed by atoms with Crippen molar-refractivity contribution in [2.24, 2.45) is 0 Å². The maximum Gasteiger partial charge on any atom is 0.160 e. The Bertz CT molecular complexity index is 727. The maximum absolute atomic E-state index is 5.77. The summed E-state index contributed by atoms with van der Waals surface area (Å²) >= 11 is 0. The first-order valence-electron chi connectivity index (χ1n) is 6.62. The molecule has 0 amide bonds. The normalized spacial score (nSPS) is 10.3. The Morgan fingerprint density at radius 1 is 1.00 bits per heavy atom. The van der Waals surface area contributed by atoms with E-state index in [1.165, 1.54) is 0 Å². The van der Waals surface area contributed by atoms with Gasteiger partial charge in [0.25, 0.3) is 0 Å². The van der Waals surface area contributed by atoms with Crippen LogP contribution in [0.4, 0.5) is 11.4 Å². The summed E-state index contributed by atoms with van der Waals surface area (Å²) in [6.07, 6.45) is 6.96. The molecule has 0 saturated heterocycles. The average Bonchev–Trinajstić information content (AvgIpc) is 2.54. The van der Waals surface area contributed by atoms with E-state index in [9.17, 15) is 0 Å². The monoisotopic (exact) mass is 277 g/mol. The Hall–Kier alpha value is -2.95. The first-order valence-corrected chi connectivity index (χ1v) is 6.62. The zero-order valence-corrected chi connectivity index (χ0v) is 11.4. The Morgan fingerprint density at radius 3 is 2.67 bits per heavy atom. The molecule has 0 aliphatic heterocycles. The molecule has 5 heteroatoms. The third kappa shape index (κ3) is 3.33. The summed E-state index contributed by atoms with van der Waals surface area (Å²) in [7, 11) is 0. The number of nitrogen functional groups attached to an aromatic ring is 1. The highest BCUT2D eigenvalue weighted by molar-refractivity contribution is 5.60. The number of rotatable bonds is 4. The van der Waals surface area contributed by atoms with E-state index >= 15 is 0 Å². The van der Waals surface area contributed by atoms with Crippen molar-refractivity contribution in [1.29, 1.82) is 0 Å². The molecule has 5 nitrogen and oxygen atoms in total. The number of hydrogen-bond donors (Lipinski definition) is 2. The Balaban J connectivity index is 1.75. The predicted molar refractivity (Wildman–Crippen MR) is 83.4 cm³/mol. The van der Waals surface area contributed by atoms with Gasteiger partial charge in [-0.15, -0.1) is 0 Å². The molecule has 2 heterocycles. The number of hydrogen-bond acceptors (Lipinski definition) is 5. The van der Waals surface area contributed by atoms with Crippen LogP contribution in [0.1, 0.15) is 5.56 Å². The highest BCUT2D eigenvalue weighted by Crippen LogP contribution is 2.18. The number of nitrogens with zero attached hydrogens (tertiary/aromatic N) is 3. The van der Waals surface area contributed by atoms with Crippen molar-refractivity contribution in [2.75, 3.05) is 11.1 Å². The van der Waals surface area contributed by atoms with Gasteiger partial charge in [-0.1, -0.05) is 12.1 Å². The lowest BCUT2D eigenvalue weighted by Crippen LogP contribution is -2.01. The third-order valence-corrected chi connectivity index (χ3v) is 3.01. The van der Waals surface area contributed by atoms with Crippen LogP contribution in [0.2, 0.25) is 0 Å². The summed E-state index contributed by atoms with van der Waals surface area (Å²) in [5.41, 5.74) is 9.46. The molecule has 0 bridgehead atoms. The molecule has 21 heavy (non-hydrogen) atoms. The molecule has 0 aliphatic rings. The highest BCUT2D eigenvalue weighted by Gasteiger charge is 2.02. The standard InChI is InChI=1S/C16H15N5/c17-14-4-1-3-12(7-14)9-21-15-8-13(10-18-11-15)16-19-5-2-6-20-16/h1-8,10-11,21H,9,17H2. The van der Waals surface area contributed by atoms with Crippen molar-refractivity contribution in [3.05, 3.63) is 66.7 Å². The molecule has 0 spiro atoms. The van der Waals surface area contributed by atoms with Gasteiger partial charge in [-0.25, -0.2) is 9.97 Å². The molecule has 3 rings (SSSR count). The van der Waals surface area contributed by atoms with Gasteiger partial charge in [-0.3, -0.25) is 4.98 Å². The second-order valence-corrected chi connectivity index (χ2v) is 4.63. The number of nitrogens with two attached hydrogens (primary N) is 1. The van der Waals surface area contributed by atoms with Gasteiger partial charge < -0.3 is 11.1 Å². The van der Waals surface area contributed by atoms with Crippen LogP contribution < -0.4 is 11.1 Å². The van der Waals surface area contributed by atoms with Crippen molar-refractivity contribution >= 4 is 11.4 Å². The highest BCUT2D eigenvalue weighted by atomic mass is 14.9. The van der Waals surface area contributed by atoms with Gasteiger partial charge >= 0.3 is 0 Å². The summed E-state index contributed by atoms with van der Waals surface area (Å²) in [4.78, 5) is 12.7. The lowest BCUT2D eigenvalue weighted by Gasteiger charge is -2.08. The van der Waals surface area contributed by atoms with Gasteiger partial charge in [0.1, 0.15) is 0 Å². The summed E-state index contributed by atoms with van der Waals surface area (Å²) in [5.74, 6) is 0.664. The SMILES string of the molecule is Nc1cccc(CNc2cncc(-c3ncccn3)c2)c1. The maximum atomic E-state index is 5.77. The van der Waals surface area contributed by atoms with Crippen LogP contribution in [0.5, 0.6) is 0 Å². The number of anilines is 2. The van der Waals surface area contributed by atoms with Crippen molar-refractivity contribution in [3.8, 4) is 11.4 Å². The van der Waals surface area contributed by atoms with Gasteiger partial charge in [-0.2, -0.15) is 0 Å². The average molecular weight is 277 g/mol.